The lowest BCUT2D eigenvalue weighted by Crippen LogP contribution is -2.25. The third-order valence-electron chi connectivity index (χ3n) is 3.40. The van der Waals surface area contributed by atoms with Crippen LogP contribution in [0.4, 0.5) is 4.39 Å². The molecular weight excluding hydrogens is 233 g/mol. The van der Waals surface area contributed by atoms with E-state index in [1.165, 1.54) is 24.5 Å². The summed E-state index contributed by atoms with van der Waals surface area (Å²) in [6, 6.07) is 4.09. The zero-order valence-electron chi connectivity index (χ0n) is 9.90. The summed E-state index contributed by atoms with van der Waals surface area (Å²) < 4.78 is 14.7. The minimum Gasteiger partial charge on any atom is -0.316 e. The van der Waals surface area contributed by atoms with Crippen molar-refractivity contribution in [3.8, 4) is 0 Å². The molecule has 1 aromatic heterocycles. The Hall–Kier alpha value is -1.75. The Kier molecular flexibility index (Phi) is 2.83. The number of benzene rings is 1. The Morgan fingerprint density at radius 1 is 1.50 bits per heavy atom. The molecule has 0 spiro atoms. The van der Waals surface area contributed by atoms with E-state index in [0.717, 1.165) is 19.5 Å². The van der Waals surface area contributed by atoms with Crippen LogP contribution in [0.1, 0.15) is 6.42 Å². The lowest BCUT2D eigenvalue weighted by atomic mass is 10.1. The van der Waals surface area contributed by atoms with E-state index < -0.39 is 0 Å². The van der Waals surface area contributed by atoms with Gasteiger partial charge >= 0.3 is 0 Å². The Bertz CT molecular complexity index is 632. The smallest absolute Gasteiger partial charge is 0.261 e. The maximum absolute atomic E-state index is 13.0. The van der Waals surface area contributed by atoms with Gasteiger partial charge in [-0.05, 0) is 37.6 Å². The fourth-order valence-electron chi connectivity index (χ4n) is 2.41. The number of aromatic nitrogens is 2. The Morgan fingerprint density at radius 2 is 2.39 bits per heavy atom. The standard InChI is InChI=1S/C13H14FN3O/c14-10-1-2-11-12(5-10)16-8-17(13(11)18)7-9-3-4-15-6-9/h1-2,5,8-9,15H,3-4,6-7H2. The highest BCUT2D eigenvalue weighted by atomic mass is 19.1. The second kappa shape index (κ2) is 4.49. The van der Waals surface area contributed by atoms with E-state index in [-0.39, 0.29) is 11.4 Å². The van der Waals surface area contributed by atoms with Crippen LogP contribution in [0.2, 0.25) is 0 Å². The van der Waals surface area contributed by atoms with Gasteiger partial charge < -0.3 is 5.32 Å². The highest BCUT2D eigenvalue weighted by Gasteiger charge is 2.16. The molecule has 0 bridgehead atoms. The van der Waals surface area contributed by atoms with Crippen molar-refractivity contribution in [3.63, 3.8) is 0 Å². The molecular formula is C13H14FN3O. The van der Waals surface area contributed by atoms with Crippen LogP contribution in [0, 0.1) is 11.7 Å². The van der Waals surface area contributed by atoms with Gasteiger partial charge in [0.2, 0.25) is 0 Å². The minimum absolute atomic E-state index is 0.0908. The van der Waals surface area contributed by atoms with Gasteiger partial charge in [-0.15, -0.1) is 0 Å². The number of hydrogen-bond donors (Lipinski definition) is 1. The van der Waals surface area contributed by atoms with Gasteiger partial charge in [0, 0.05) is 12.6 Å². The first-order valence-corrected chi connectivity index (χ1v) is 6.09. The first-order chi connectivity index (χ1) is 8.74. The third-order valence-corrected chi connectivity index (χ3v) is 3.40. The minimum atomic E-state index is -0.368. The summed E-state index contributed by atoms with van der Waals surface area (Å²) in [6.45, 7) is 2.62. The lowest BCUT2D eigenvalue weighted by Gasteiger charge is -2.11. The molecule has 1 unspecified atom stereocenters. The van der Waals surface area contributed by atoms with Gasteiger partial charge in [-0.25, -0.2) is 9.37 Å². The molecule has 1 fully saturated rings. The molecule has 5 heteroatoms. The van der Waals surface area contributed by atoms with E-state index in [1.807, 2.05) is 0 Å². The van der Waals surface area contributed by atoms with Gasteiger partial charge in [0.15, 0.2) is 0 Å². The van der Waals surface area contributed by atoms with Crippen molar-refractivity contribution in [2.24, 2.45) is 5.92 Å². The maximum Gasteiger partial charge on any atom is 0.261 e. The number of nitrogens with one attached hydrogen (secondary N) is 1. The molecule has 1 aromatic carbocycles. The van der Waals surface area contributed by atoms with Crippen LogP contribution in [-0.4, -0.2) is 22.6 Å². The van der Waals surface area contributed by atoms with Crippen LogP contribution >= 0.6 is 0 Å². The molecule has 3 rings (SSSR count). The van der Waals surface area contributed by atoms with Crippen LogP contribution in [0.5, 0.6) is 0 Å². The third kappa shape index (κ3) is 2.01. The summed E-state index contributed by atoms with van der Waals surface area (Å²) in [5.74, 6) is 0.106. The predicted molar refractivity (Wildman–Crippen MR) is 66.9 cm³/mol. The Morgan fingerprint density at radius 3 is 3.17 bits per heavy atom. The quantitative estimate of drug-likeness (QED) is 0.865. The number of halogens is 1. The molecule has 94 valence electrons. The summed E-state index contributed by atoms with van der Waals surface area (Å²) in [5.41, 5.74) is 0.327. The summed E-state index contributed by atoms with van der Waals surface area (Å²) in [7, 11) is 0. The van der Waals surface area contributed by atoms with E-state index in [0.29, 0.717) is 23.4 Å². The molecule has 0 saturated carbocycles. The topological polar surface area (TPSA) is 46.9 Å². The van der Waals surface area contributed by atoms with E-state index in [1.54, 1.807) is 4.57 Å². The number of hydrogen-bond acceptors (Lipinski definition) is 3. The molecule has 2 aromatic rings. The first kappa shape index (κ1) is 11.3. The van der Waals surface area contributed by atoms with Crippen LogP contribution in [0.3, 0.4) is 0 Å². The molecule has 4 nitrogen and oxygen atoms in total. The van der Waals surface area contributed by atoms with Crippen molar-refractivity contribution in [2.75, 3.05) is 13.1 Å². The molecule has 1 atom stereocenters. The fraction of sp³-hybridized carbons (Fsp3) is 0.385. The molecule has 0 radical (unpaired) electrons. The monoisotopic (exact) mass is 247 g/mol. The van der Waals surface area contributed by atoms with Crippen molar-refractivity contribution in [2.45, 2.75) is 13.0 Å². The van der Waals surface area contributed by atoms with Gasteiger partial charge in [0.1, 0.15) is 5.82 Å². The second-order valence-electron chi connectivity index (χ2n) is 4.72. The van der Waals surface area contributed by atoms with Crippen LogP contribution in [-0.2, 0) is 6.54 Å². The highest BCUT2D eigenvalue weighted by molar-refractivity contribution is 5.77. The molecule has 1 aliphatic heterocycles. The Labute approximate surface area is 103 Å². The van der Waals surface area contributed by atoms with Crippen LogP contribution < -0.4 is 10.9 Å². The summed E-state index contributed by atoms with van der Waals surface area (Å²) in [5, 5.41) is 3.75. The van der Waals surface area contributed by atoms with Gasteiger partial charge in [-0.2, -0.15) is 0 Å². The van der Waals surface area contributed by atoms with Gasteiger partial charge in [0.25, 0.3) is 5.56 Å². The van der Waals surface area contributed by atoms with Crippen molar-refractivity contribution in [1.82, 2.24) is 14.9 Å². The van der Waals surface area contributed by atoms with Crippen LogP contribution in [0.15, 0.2) is 29.3 Å². The van der Waals surface area contributed by atoms with Crippen molar-refractivity contribution in [3.05, 3.63) is 40.7 Å². The van der Waals surface area contributed by atoms with Crippen molar-refractivity contribution >= 4 is 10.9 Å². The lowest BCUT2D eigenvalue weighted by molar-refractivity contribution is 0.470. The normalized spacial score (nSPS) is 19.5. The molecule has 1 saturated heterocycles. The SMILES string of the molecule is O=c1c2ccc(F)cc2ncn1CC1CCNC1. The second-order valence-corrected chi connectivity index (χ2v) is 4.72. The number of nitrogens with zero attached hydrogens (tertiary/aromatic N) is 2. The summed E-state index contributed by atoms with van der Waals surface area (Å²) >= 11 is 0. The zero-order chi connectivity index (χ0) is 12.5. The molecule has 1 aliphatic rings. The predicted octanol–water partition coefficient (Wildman–Crippen LogP) is 1.15. The van der Waals surface area contributed by atoms with E-state index in [9.17, 15) is 9.18 Å². The first-order valence-electron chi connectivity index (χ1n) is 6.09. The van der Waals surface area contributed by atoms with E-state index in [4.69, 9.17) is 0 Å². The molecule has 0 aliphatic carbocycles. The molecule has 18 heavy (non-hydrogen) atoms. The van der Waals surface area contributed by atoms with Gasteiger partial charge in [-0.1, -0.05) is 0 Å². The molecule has 1 N–H and O–H groups in total. The average molecular weight is 247 g/mol. The Balaban J connectivity index is 2.00. The highest BCUT2D eigenvalue weighted by Crippen LogP contribution is 2.12. The fourth-order valence-corrected chi connectivity index (χ4v) is 2.41. The summed E-state index contributed by atoms with van der Waals surface area (Å²) in [4.78, 5) is 16.4. The maximum atomic E-state index is 13.0. The zero-order valence-corrected chi connectivity index (χ0v) is 9.90. The van der Waals surface area contributed by atoms with Gasteiger partial charge in [-0.3, -0.25) is 9.36 Å². The molecule has 2 heterocycles. The number of fused-ring (bicyclic) bond motifs is 1. The average Bonchev–Trinajstić information content (AvgIpc) is 2.85. The number of rotatable bonds is 2. The van der Waals surface area contributed by atoms with Crippen molar-refractivity contribution in [1.29, 1.82) is 0 Å². The summed E-state index contributed by atoms with van der Waals surface area (Å²) in [6.07, 6.45) is 2.59. The van der Waals surface area contributed by atoms with E-state index >= 15 is 0 Å². The van der Waals surface area contributed by atoms with Gasteiger partial charge in [0.05, 0.1) is 17.2 Å². The van der Waals surface area contributed by atoms with E-state index in [2.05, 4.69) is 10.3 Å². The van der Waals surface area contributed by atoms with Crippen molar-refractivity contribution < 1.29 is 4.39 Å². The molecule has 0 amide bonds. The van der Waals surface area contributed by atoms with Crippen LogP contribution in [0.25, 0.3) is 10.9 Å². The largest absolute Gasteiger partial charge is 0.316 e.